The Morgan fingerprint density at radius 1 is 1.39 bits per heavy atom. The normalized spacial score (nSPS) is 11.2. The van der Waals surface area contributed by atoms with Crippen molar-refractivity contribution in [2.75, 3.05) is 7.11 Å². The van der Waals surface area contributed by atoms with Crippen molar-refractivity contribution in [3.05, 3.63) is 23.0 Å². The number of fused-ring (bicyclic) bond motifs is 1. The lowest BCUT2D eigenvalue weighted by molar-refractivity contribution is 0.0602. The fourth-order valence-corrected chi connectivity index (χ4v) is 2.07. The Bertz CT molecular complexity index is 614. The Morgan fingerprint density at radius 2 is 2.06 bits per heavy atom. The first-order chi connectivity index (χ1) is 8.45. The number of rotatable bonds is 2. The van der Waals surface area contributed by atoms with Gasteiger partial charge in [-0.15, -0.1) is 0 Å². The van der Waals surface area contributed by atoms with Crippen molar-refractivity contribution in [1.82, 2.24) is 14.8 Å². The molecule has 0 unspecified atom stereocenters. The molecule has 96 valence electrons. The average molecular weight is 247 g/mol. The van der Waals surface area contributed by atoms with Gasteiger partial charge in [0.05, 0.1) is 23.8 Å². The Balaban J connectivity index is 2.84. The molecule has 5 heteroatoms. The molecule has 18 heavy (non-hydrogen) atoms. The topological polar surface area (TPSA) is 57.0 Å². The lowest BCUT2D eigenvalue weighted by atomic mass is 10.1. The van der Waals surface area contributed by atoms with Gasteiger partial charge in [-0.1, -0.05) is 0 Å². The Morgan fingerprint density at radius 3 is 2.61 bits per heavy atom. The van der Waals surface area contributed by atoms with Crippen molar-refractivity contribution in [2.24, 2.45) is 0 Å². The van der Waals surface area contributed by atoms with Crippen molar-refractivity contribution < 1.29 is 9.53 Å². The van der Waals surface area contributed by atoms with Crippen LogP contribution in [0.4, 0.5) is 0 Å². The first-order valence-corrected chi connectivity index (χ1v) is 5.90. The smallest absolute Gasteiger partial charge is 0.338 e. The molecule has 0 amide bonds. The van der Waals surface area contributed by atoms with Crippen molar-refractivity contribution >= 4 is 17.0 Å². The molecule has 0 bridgehead atoms. The van der Waals surface area contributed by atoms with E-state index in [0.29, 0.717) is 5.56 Å². The maximum absolute atomic E-state index is 11.8. The van der Waals surface area contributed by atoms with Crippen molar-refractivity contribution in [3.8, 4) is 0 Å². The maximum Gasteiger partial charge on any atom is 0.338 e. The third kappa shape index (κ3) is 1.85. The summed E-state index contributed by atoms with van der Waals surface area (Å²) in [5.41, 5.74) is 2.85. The zero-order valence-electron chi connectivity index (χ0n) is 11.3. The number of carbonyl (C=O) groups excluding carboxylic acids is 1. The number of ether oxygens (including phenoxy) is 1. The van der Waals surface area contributed by atoms with E-state index in [4.69, 9.17) is 4.74 Å². The van der Waals surface area contributed by atoms with Crippen LogP contribution in [0.2, 0.25) is 0 Å². The number of hydrogen-bond donors (Lipinski definition) is 0. The fourth-order valence-electron chi connectivity index (χ4n) is 2.07. The van der Waals surface area contributed by atoms with Crippen LogP contribution < -0.4 is 0 Å². The highest BCUT2D eigenvalue weighted by atomic mass is 16.5. The molecule has 2 aromatic heterocycles. The van der Waals surface area contributed by atoms with Gasteiger partial charge in [-0.3, -0.25) is 0 Å². The van der Waals surface area contributed by atoms with Crippen molar-refractivity contribution in [3.63, 3.8) is 0 Å². The lowest BCUT2D eigenvalue weighted by Gasteiger charge is -2.07. The molecule has 0 fully saturated rings. The molecule has 0 saturated carbocycles. The standard InChI is InChI=1S/C13H17N3O2/c1-7(2)16-12-11(9(4)15-16)10(13(17)18-5)6-8(3)14-12/h6-7H,1-5H3. The second-order valence-corrected chi connectivity index (χ2v) is 4.63. The van der Waals surface area contributed by atoms with E-state index in [9.17, 15) is 4.79 Å². The minimum Gasteiger partial charge on any atom is -0.465 e. The maximum atomic E-state index is 11.8. The predicted octanol–water partition coefficient (Wildman–Crippen LogP) is 2.42. The quantitative estimate of drug-likeness (QED) is 0.765. The molecule has 0 radical (unpaired) electrons. The second-order valence-electron chi connectivity index (χ2n) is 4.63. The van der Waals surface area contributed by atoms with Gasteiger partial charge in [-0.05, 0) is 33.8 Å². The van der Waals surface area contributed by atoms with E-state index in [2.05, 4.69) is 10.1 Å². The lowest BCUT2D eigenvalue weighted by Crippen LogP contribution is -2.06. The number of aryl methyl sites for hydroxylation is 2. The van der Waals surface area contributed by atoms with E-state index in [1.54, 1.807) is 6.07 Å². The average Bonchev–Trinajstić information content (AvgIpc) is 2.64. The number of methoxy groups -OCH3 is 1. The molecule has 2 heterocycles. The molecule has 0 aliphatic heterocycles. The second kappa shape index (κ2) is 4.40. The summed E-state index contributed by atoms with van der Waals surface area (Å²) in [5, 5.41) is 5.23. The molecule has 2 aromatic rings. The number of carbonyl (C=O) groups is 1. The summed E-state index contributed by atoms with van der Waals surface area (Å²) in [4.78, 5) is 16.3. The molecular weight excluding hydrogens is 230 g/mol. The molecule has 0 spiro atoms. The van der Waals surface area contributed by atoms with Gasteiger partial charge in [0, 0.05) is 11.7 Å². The van der Waals surface area contributed by atoms with Crippen LogP contribution >= 0.6 is 0 Å². The van der Waals surface area contributed by atoms with Crippen LogP contribution in [0.15, 0.2) is 6.07 Å². The third-order valence-corrected chi connectivity index (χ3v) is 2.86. The summed E-state index contributed by atoms with van der Waals surface area (Å²) in [5.74, 6) is -0.350. The van der Waals surface area contributed by atoms with Crippen LogP contribution in [0.1, 0.15) is 41.6 Å². The summed E-state index contributed by atoms with van der Waals surface area (Å²) < 4.78 is 6.66. The number of nitrogens with zero attached hydrogens (tertiary/aromatic N) is 3. The summed E-state index contributed by atoms with van der Waals surface area (Å²) in [6.07, 6.45) is 0. The van der Waals surface area contributed by atoms with Gasteiger partial charge in [0.25, 0.3) is 0 Å². The van der Waals surface area contributed by atoms with Crippen LogP contribution in [-0.2, 0) is 4.74 Å². The van der Waals surface area contributed by atoms with Gasteiger partial charge < -0.3 is 4.74 Å². The Hall–Kier alpha value is -1.91. The van der Waals surface area contributed by atoms with Gasteiger partial charge in [-0.2, -0.15) is 5.10 Å². The predicted molar refractivity (Wildman–Crippen MR) is 68.7 cm³/mol. The van der Waals surface area contributed by atoms with Gasteiger partial charge in [0.15, 0.2) is 5.65 Å². The highest BCUT2D eigenvalue weighted by molar-refractivity contribution is 6.03. The summed E-state index contributed by atoms with van der Waals surface area (Å²) in [6.45, 7) is 7.81. The van der Waals surface area contributed by atoms with E-state index in [0.717, 1.165) is 22.4 Å². The van der Waals surface area contributed by atoms with E-state index in [1.165, 1.54) is 7.11 Å². The molecule has 0 aliphatic rings. The van der Waals surface area contributed by atoms with Gasteiger partial charge in [0.2, 0.25) is 0 Å². The summed E-state index contributed by atoms with van der Waals surface area (Å²) in [7, 11) is 1.38. The SMILES string of the molecule is COC(=O)c1cc(C)nc2c1c(C)nn2C(C)C. The molecule has 0 atom stereocenters. The largest absolute Gasteiger partial charge is 0.465 e. The Kier molecular flexibility index (Phi) is 3.07. The number of aromatic nitrogens is 3. The van der Waals surface area contributed by atoms with Crippen LogP contribution in [-0.4, -0.2) is 27.8 Å². The van der Waals surface area contributed by atoms with Crippen molar-refractivity contribution in [1.29, 1.82) is 0 Å². The van der Waals surface area contributed by atoms with Crippen LogP contribution in [0, 0.1) is 13.8 Å². The molecular formula is C13H17N3O2. The van der Waals surface area contributed by atoms with Gasteiger partial charge >= 0.3 is 5.97 Å². The fraction of sp³-hybridized carbons (Fsp3) is 0.462. The van der Waals surface area contributed by atoms with Crippen LogP contribution in [0.25, 0.3) is 11.0 Å². The van der Waals surface area contributed by atoms with Crippen LogP contribution in [0.5, 0.6) is 0 Å². The summed E-state index contributed by atoms with van der Waals surface area (Å²) in [6, 6.07) is 1.94. The Labute approximate surface area is 106 Å². The number of esters is 1. The van der Waals surface area contributed by atoms with E-state index in [-0.39, 0.29) is 12.0 Å². The molecule has 0 aromatic carbocycles. The van der Waals surface area contributed by atoms with E-state index < -0.39 is 0 Å². The molecule has 0 saturated heterocycles. The zero-order chi connectivity index (χ0) is 13.4. The van der Waals surface area contributed by atoms with Gasteiger partial charge in [0.1, 0.15) is 0 Å². The minimum absolute atomic E-state index is 0.195. The molecule has 5 nitrogen and oxygen atoms in total. The zero-order valence-corrected chi connectivity index (χ0v) is 11.3. The first-order valence-electron chi connectivity index (χ1n) is 5.90. The van der Waals surface area contributed by atoms with E-state index >= 15 is 0 Å². The molecule has 2 rings (SSSR count). The summed E-state index contributed by atoms with van der Waals surface area (Å²) >= 11 is 0. The molecule has 0 N–H and O–H groups in total. The van der Waals surface area contributed by atoms with Crippen LogP contribution in [0.3, 0.4) is 0 Å². The minimum atomic E-state index is -0.350. The monoisotopic (exact) mass is 247 g/mol. The first kappa shape index (κ1) is 12.5. The van der Waals surface area contributed by atoms with E-state index in [1.807, 2.05) is 32.4 Å². The third-order valence-electron chi connectivity index (χ3n) is 2.86. The number of hydrogen-bond acceptors (Lipinski definition) is 4. The van der Waals surface area contributed by atoms with Gasteiger partial charge in [-0.25, -0.2) is 14.5 Å². The highest BCUT2D eigenvalue weighted by Gasteiger charge is 2.19. The van der Waals surface area contributed by atoms with Crippen molar-refractivity contribution in [2.45, 2.75) is 33.7 Å². The number of pyridine rings is 1. The highest BCUT2D eigenvalue weighted by Crippen LogP contribution is 2.24. The molecule has 0 aliphatic carbocycles.